The summed E-state index contributed by atoms with van der Waals surface area (Å²) in [5.41, 5.74) is 3.11. The molecule has 0 fully saturated rings. The van der Waals surface area contributed by atoms with E-state index in [0.717, 1.165) is 54.4 Å². The average molecular weight is 285 g/mol. The molecule has 0 aliphatic heterocycles. The van der Waals surface area contributed by atoms with Gasteiger partial charge in [0.2, 0.25) is 0 Å². The molecule has 112 valence electrons. The van der Waals surface area contributed by atoms with E-state index in [1.165, 1.54) is 0 Å². The topological polar surface area (TPSA) is 47.0 Å². The maximum absolute atomic E-state index is 5.95. The van der Waals surface area contributed by atoms with E-state index in [-0.39, 0.29) is 0 Å². The second kappa shape index (κ2) is 7.74. The first-order valence-corrected chi connectivity index (χ1v) is 7.52. The number of aromatic nitrogens is 2. The fourth-order valence-electron chi connectivity index (χ4n) is 2.10. The van der Waals surface area contributed by atoms with Crippen LogP contribution in [0.5, 0.6) is 11.5 Å². The Hall–Kier alpha value is -1.94. The van der Waals surface area contributed by atoms with Crippen molar-refractivity contribution in [3.8, 4) is 11.5 Å². The molecule has 2 heterocycles. The van der Waals surface area contributed by atoms with Crippen molar-refractivity contribution in [1.82, 2.24) is 15.3 Å². The van der Waals surface area contributed by atoms with Crippen LogP contribution in [-0.4, -0.2) is 16.5 Å². The van der Waals surface area contributed by atoms with E-state index in [1.54, 1.807) is 6.20 Å². The summed E-state index contributed by atoms with van der Waals surface area (Å²) in [4.78, 5) is 8.76. The zero-order chi connectivity index (χ0) is 15.1. The minimum Gasteiger partial charge on any atom is -0.454 e. The van der Waals surface area contributed by atoms with Crippen molar-refractivity contribution in [2.24, 2.45) is 0 Å². The molecule has 0 spiro atoms. The zero-order valence-electron chi connectivity index (χ0n) is 13.0. The van der Waals surface area contributed by atoms with Crippen molar-refractivity contribution in [2.75, 3.05) is 6.54 Å². The minimum atomic E-state index is 0.756. The van der Waals surface area contributed by atoms with Crippen LogP contribution in [0.15, 0.2) is 30.6 Å². The summed E-state index contributed by atoms with van der Waals surface area (Å²) in [6, 6.07) is 5.96. The van der Waals surface area contributed by atoms with Crippen LogP contribution in [0.3, 0.4) is 0 Å². The smallest absolute Gasteiger partial charge is 0.148 e. The van der Waals surface area contributed by atoms with Crippen LogP contribution in [0.4, 0.5) is 0 Å². The average Bonchev–Trinajstić information content (AvgIpc) is 2.50. The second-order valence-electron chi connectivity index (χ2n) is 5.06. The van der Waals surface area contributed by atoms with E-state index in [9.17, 15) is 0 Å². The Balaban J connectivity index is 2.10. The predicted octanol–water partition coefficient (Wildman–Crippen LogP) is 3.64. The fraction of sp³-hybridized carbons (Fsp3) is 0.412. The first-order chi connectivity index (χ1) is 10.2. The molecular weight excluding hydrogens is 262 g/mol. The van der Waals surface area contributed by atoms with Crippen molar-refractivity contribution in [1.29, 1.82) is 0 Å². The predicted molar refractivity (Wildman–Crippen MR) is 84.7 cm³/mol. The molecule has 1 N–H and O–H groups in total. The Labute approximate surface area is 126 Å². The van der Waals surface area contributed by atoms with Gasteiger partial charge in [-0.2, -0.15) is 0 Å². The number of nitrogens with zero attached hydrogens (tertiary/aromatic N) is 2. The molecule has 0 aromatic carbocycles. The van der Waals surface area contributed by atoms with Crippen molar-refractivity contribution >= 4 is 0 Å². The maximum atomic E-state index is 5.95. The van der Waals surface area contributed by atoms with Gasteiger partial charge >= 0.3 is 0 Å². The third-order valence-electron chi connectivity index (χ3n) is 3.16. The van der Waals surface area contributed by atoms with E-state index in [2.05, 4.69) is 29.1 Å². The van der Waals surface area contributed by atoms with Crippen molar-refractivity contribution in [3.63, 3.8) is 0 Å². The van der Waals surface area contributed by atoms with E-state index in [0.29, 0.717) is 0 Å². The molecule has 0 aliphatic rings. The molecule has 0 amide bonds. The van der Waals surface area contributed by atoms with Crippen molar-refractivity contribution in [2.45, 2.75) is 40.2 Å². The molecule has 0 aliphatic carbocycles. The van der Waals surface area contributed by atoms with Crippen LogP contribution in [0.2, 0.25) is 0 Å². The number of aryl methyl sites for hydroxylation is 2. The number of pyridine rings is 2. The highest BCUT2D eigenvalue weighted by Gasteiger charge is 2.06. The van der Waals surface area contributed by atoms with Crippen LogP contribution in [0, 0.1) is 6.92 Å². The number of nitrogens with one attached hydrogen (secondary N) is 1. The summed E-state index contributed by atoms with van der Waals surface area (Å²) in [7, 11) is 0. The molecule has 0 saturated heterocycles. The highest BCUT2D eigenvalue weighted by Crippen LogP contribution is 2.25. The van der Waals surface area contributed by atoms with Crippen LogP contribution in [0.25, 0.3) is 0 Å². The Morgan fingerprint density at radius 3 is 2.81 bits per heavy atom. The number of ether oxygens (including phenoxy) is 1. The van der Waals surface area contributed by atoms with Gasteiger partial charge in [-0.25, -0.2) is 0 Å². The Morgan fingerprint density at radius 2 is 2.05 bits per heavy atom. The Morgan fingerprint density at radius 1 is 1.19 bits per heavy atom. The molecule has 0 bridgehead atoms. The second-order valence-corrected chi connectivity index (χ2v) is 5.06. The molecule has 4 heteroatoms. The monoisotopic (exact) mass is 285 g/mol. The van der Waals surface area contributed by atoms with Gasteiger partial charge in [0.15, 0.2) is 0 Å². The summed E-state index contributed by atoms with van der Waals surface area (Å²) in [6.45, 7) is 8.04. The zero-order valence-corrected chi connectivity index (χ0v) is 13.0. The van der Waals surface area contributed by atoms with Crippen LogP contribution < -0.4 is 10.1 Å². The normalized spacial score (nSPS) is 10.6. The SMILES string of the molecule is CCCNCc1cncc(Oc2ccc(C)nc2CC)c1. The highest BCUT2D eigenvalue weighted by molar-refractivity contribution is 5.35. The lowest BCUT2D eigenvalue weighted by Crippen LogP contribution is -2.13. The summed E-state index contributed by atoms with van der Waals surface area (Å²) in [5.74, 6) is 1.56. The van der Waals surface area contributed by atoms with Gasteiger partial charge in [0, 0.05) is 18.4 Å². The summed E-state index contributed by atoms with van der Waals surface area (Å²) in [5, 5.41) is 3.36. The number of rotatable bonds is 7. The fourth-order valence-corrected chi connectivity index (χ4v) is 2.10. The van der Waals surface area contributed by atoms with Gasteiger partial charge in [0.05, 0.1) is 11.9 Å². The standard InChI is InChI=1S/C17H23N3O/c1-4-8-18-10-14-9-15(12-19-11-14)21-17-7-6-13(3)20-16(17)5-2/h6-7,9,11-12,18H,4-5,8,10H2,1-3H3. The maximum Gasteiger partial charge on any atom is 0.148 e. The van der Waals surface area contributed by atoms with Crippen LogP contribution >= 0.6 is 0 Å². The molecule has 0 unspecified atom stereocenters. The van der Waals surface area contributed by atoms with Crippen molar-refractivity contribution < 1.29 is 4.74 Å². The molecule has 21 heavy (non-hydrogen) atoms. The summed E-state index contributed by atoms with van der Waals surface area (Å²) < 4.78 is 5.95. The minimum absolute atomic E-state index is 0.756. The third kappa shape index (κ3) is 4.53. The van der Waals surface area contributed by atoms with Gasteiger partial charge in [0.1, 0.15) is 11.5 Å². The van der Waals surface area contributed by atoms with E-state index in [4.69, 9.17) is 4.74 Å². The van der Waals surface area contributed by atoms with Gasteiger partial charge < -0.3 is 10.1 Å². The van der Waals surface area contributed by atoms with Gasteiger partial charge in [-0.1, -0.05) is 13.8 Å². The number of hydrogen-bond acceptors (Lipinski definition) is 4. The molecule has 2 aromatic heterocycles. The van der Waals surface area contributed by atoms with Crippen LogP contribution in [0.1, 0.15) is 37.2 Å². The Kier molecular flexibility index (Phi) is 5.69. The lowest BCUT2D eigenvalue weighted by molar-refractivity contribution is 0.469. The third-order valence-corrected chi connectivity index (χ3v) is 3.16. The molecular formula is C17H23N3O. The molecule has 0 atom stereocenters. The quantitative estimate of drug-likeness (QED) is 0.789. The first-order valence-electron chi connectivity index (χ1n) is 7.52. The Bertz CT molecular complexity index is 584. The summed E-state index contributed by atoms with van der Waals surface area (Å²) >= 11 is 0. The van der Waals surface area contributed by atoms with Crippen LogP contribution in [-0.2, 0) is 13.0 Å². The lowest BCUT2D eigenvalue weighted by atomic mass is 10.2. The van der Waals surface area contributed by atoms with E-state index < -0.39 is 0 Å². The lowest BCUT2D eigenvalue weighted by Gasteiger charge is -2.11. The van der Waals surface area contributed by atoms with E-state index in [1.807, 2.05) is 31.3 Å². The van der Waals surface area contributed by atoms with Crippen molar-refractivity contribution in [3.05, 3.63) is 47.5 Å². The van der Waals surface area contributed by atoms with Gasteiger partial charge in [0.25, 0.3) is 0 Å². The molecule has 0 radical (unpaired) electrons. The molecule has 2 rings (SSSR count). The van der Waals surface area contributed by atoms with Gasteiger partial charge in [-0.05, 0) is 50.1 Å². The molecule has 4 nitrogen and oxygen atoms in total. The highest BCUT2D eigenvalue weighted by atomic mass is 16.5. The molecule has 2 aromatic rings. The largest absolute Gasteiger partial charge is 0.454 e. The van der Waals surface area contributed by atoms with E-state index >= 15 is 0 Å². The van der Waals surface area contributed by atoms with Gasteiger partial charge in [-0.15, -0.1) is 0 Å². The molecule has 0 saturated carbocycles. The van der Waals surface area contributed by atoms with Gasteiger partial charge in [-0.3, -0.25) is 9.97 Å². The first kappa shape index (κ1) is 15.4. The summed E-state index contributed by atoms with van der Waals surface area (Å²) in [6.07, 6.45) is 5.58. The number of hydrogen-bond donors (Lipinski definition) is 1.